The molecule has 0 unspecified atom stereocenters. The van der Waals surface area contributed by atoms with Crippen LogP contribution in [0.4, 0.5) is 0 Å². The fourth-order valence-electron chi connectivity index (χ4n) is 1.76. The summed E-state index contributed by atoms with van der Waals surface area (Å²) in [5, 5.41) is 0. The van der Waals surface area contributed by atoms with Gasteiger partial charge in [0.25, 0.3) is 0 Å². The molecule has 78 valence electrons. The van der Waals surface area contributed by atoms with Gasteiger partial charge >= 0.3 is 0 Å². The third-order valence-electron chi connectivity index (χ3n) is 3.12. The van der Waals surface area contributed by atoms with Crippen molar-refractivity contribution in [2.45, 2.75) is 40.0 Å². The molecule has 0 nitrogen and oxygen atoms in total. The van der Waals surface area contributed by atoms with Crippen LogP contribution in [0.1, 0.15) is 36.1 Å². The van der Waals surface area contributed by atoms with E-state index in [2.05, 4.69) is 46.8 Å². The SMILES string of the molecule is Cc1ccc(C(C)(C)CCl)c(C)c1C. The third-order valence-corrected chi connectivity index (χ3v) is 3.79. The molecule has 0 radical (unpaired) electrons. The zero-order valence-electron chi connectivity index (χ0n) is 9.74. The largest absolute Gasteiger partial charge is 0.126 e. The predicted molar refractivity (Wildman–Crippen MR) is 64.4 cm³/mol. The Hall–Kier alpha value is -0.490. The Bertz CT molecular complexity index is 337. The van der Waals surface area contributed by atoms with Crippen LogP contribution in [0.15, 0.2) is 12.1 Å². The molecule has 1 rings (SSSR count). The van der Waals surface area contributed by atoms with E-state index in [4.69, 9.17) is 11.6 Å². The van der Waals surface area contributed by atoms with E-state index in [1.165, 1.54) is 22.3 Å². The molecule has 0 aliphatic rings. The van der Waals surface area contributed by atoms with Crippen LogP contribution in [0.2, 0.25) is 0 Å². The molecule has 1 aromatic rings. The molecule has 0 fully saturated rings. The number of hydrogen-bond acceptors (Lipinski definition) is 0. The summed E-state index contributed by atoms with van der Waals surface area (Å²) < 4.78 is 0. The molecule has 14 heavy (non-hydrogen) atoms. The van der Waals surface area contributed by atoms with Gasteiger partial charge in [-0.2, -0.15) is 0 Å². The van der Waals surface area contributed by atoms with Gasteiger partial charge in [-0.25, -0.2) is 0 Å². The van der Waals surface area contributed by atoms with Gasteiger partial charge in [-0.05, 0) is 43.0 Å². The Morgan fingerprint density at radius 2 is 1.64 bits per heavy atom. The van der Waals surface area contributed by atoms with E-state index < -0.39 is 0 Å². The van der Waals surface area contributed by atoms with Gasteiger partial charge in [0.15, 0.2) is 0 Å². The Morgan fingerprint density at radius 1 is 1.07 bits per heavy atom. The second-order valence-electron chi connectivity index (χ2n) is 4.70. The fraction of sp³-hybridized carbons (Fsp3) is 0.538. The molecule has 0 aliphatic heterocycles. The molecule has 0 amide bonds. The number of halogens is 1. The minimum Gasteiger partial charge on any atom is -0.126 e. The van der Waals surface area contributed by atoms with Gasteiger partial charge in [0.1, 0.15) is 0 Å². The van der Waals surface area contributed by atoms with Crippen LogP contribution in [0.3, 0.4) is 0 Å². The maximum Gasteiger partial charge on any atom is 0.0315 e. The number of benzene rings is 1. The lowest BCUT2D eigenvalue weighted by Gasteiger charge is -2.25. The molecule has 0 aromatic heterocycles. The molecule has 0 heterocycles. The minimum atomic E-state index is 0.0735. The third kappa shape index (κ3) is 1.95. The summed E-state index contributed by atoms with van der Waals surface area (Å²) >= 11 is 5.99. The van der Waals surface area contributed by atoms with Crippen LogP contribution in [-0.2, 0) is 5.41 Å². The number of rotatable bonds is 2. The molecule has 1 heteroatoms. The highest BCUT2D eigenvalue weighted by molar-refractivity contribution is 6.18. The zero-order chi connectivity index (χ0) is 10.9. The quantitative estimate of drug-likeness (QED) is 0.644. The van der Waals surface area contributed by atoms with Crippen molar-refractivity contribution in [3.63, 3.8) is 0 Å². The van der Waals surface area contributed by atoms with Gasteiger partial charge in [0, 0.05) is 11.3 Å². The summed E-state index contributed by atoms with van der Waals surface area (Å²) in [5.74, 6) is 0.663. The first-order chi connectivity index (χ1) is 6.40. The maximum absolute atomic E-state index is 5.99. The first kappa shape index (κ1) is 11.6. The van der Waals surface area contributed by atoms with E-state index in [0.29, 0.717) is 5.88 Å². The Kier molecular flexibility index (Phi) is 3.26. The van der Waals surface area contributed by atoms with Crippen LogP contribution in [0.5, 0.6) is 0 Å². The molecule has 1 aromatic carbocycles. The minimum absolute atomic E-state index is 0.0735. The molecule has 0 bridgehead atoms. The van der Waals surface area contributed by atoms with Gasteiger partial charge in [-0.3, -0.25) is 0 Å². The first-order valence-electron chi connectivity index (χ1n) is 5.03. The average molecular weight is 211 g/mol. The maximum atomic E-state index is 5.99. The topological polar surface area (TPSA) is 0 Å². The van der Waals surface area contributed by atoms with Crippen LogP contribution in [0.25, 0.3) is 0 Å². The van der Waals surface area contributed by atoms with Crippen molar-refractivity contribution in [1.29, 1.82) is 0 Å². The first-order valence-corrected chi connectivity index (χ1v) is 5.57. The van der Waals surface area contributed by atoms with E-state index in [1.807, 2.05) is 0 Å². The smallest absolute Gasteiger partial charge is 0.0315 e. The van der Waals surface area contributed by atoms with E-state index in [0.717, 1.165) is 0 Å². The summed E-state index contributed by atoms with van der Waals surface area (Å²) in [7, 11) is 0. The van der Waals surface area contributed by atoms with Gasteiger partial charge in [-0.1, -0.05) is 26.0 Å². The summed E-state index contributed by atoms with van der Waals surface area (Å²) in [6, 6.07) is 4.39. The van der Waals surface area contributed by atoms with Crippen molar-refractivity contribution in [1.82, 2.24) is 0 Å². The average Bonchev–Trinajstić information content (AvgIpc) is 2.14. The highest BCUT2D eigenvalue weighted by Gasteiger charge is 2.22. The molecule has 0 N–H and O–H groups in total. The number of alkyl halides is 1. The lowest BCUT2D eigenvalue weighted by Crippen LogP contribution is -2.21. The number of aryl methyl sites for hydroxylation is 1. The lowest BCUT2D eigenvalue weighted by atomic mass is 9.81. The predicted octanol–water partition coefficient (Wildman–Crippen LogP) is 4.13. The molecule has 0 spiro atoms. The molecular formula is C13H19Cl. The molecule has 0 atom stereocenters. The highest BCUT2D eigenvalue weighted by Crippen LogP contribution is 2.30. The van der Waals surface area contributed by atoms with Crippen molar-refractivity contribution in [3.8, 4) is 0 Å². The molecule has 0 saturated heterocycles. The molecular weight excluding hydrogens is 192 g/mol. The summed E-state index contributed by atoms with van der Waals surface area (Å²) in [4.78, 5) is 0. The van der Waals surface area contributed by atoms with Crippen molar-refractivity contribution < 1.29 is 0 Å². The Labute approximate surface area is 92.3 Å². The standard InChI is InChI=1S/C13H19Cl/c1-9-6-7-12(11(3)10(9)2)13(4,5)8-14/h6-7H,8H2,1-5H3. The Balaban J connectivity index is 3.31. The van der Waals surface area contributed by atoms with Crippen LogP contribution < -0.4 is 0 Å². The molecule has 0 saturated carbocycles. The van der Waals surface area contributed by atoms with E-state index >= 15 is 0 Å². The van der Waals surface area contributed by atoms with Crippen molar-refractivity contribution in [3.05, 3.63) is 34.4 Å². The second kappa shape index (κ2) is 3.94. The van der Waals surface area contributed by atoms with Crippen LogP contribution in [0, 0.1) is 20.8 Å². The van der Waals surface area contributed by atoms with Crippen molar-refractivity contribution in [2.75, 3.05) is 5.88 Å². The van der Waals surface area contributed by atoms with Gasteiger partial charge in [-0.15, -0.1) is 11.6 Å². The van der Waals surface area contributed by atoms with Crippen molar-refractivity contribution in [2.24, 2.45) is 0 Å². The normalized spacial score (nSPS) is 11.9. The molecule has 0 aliphatic carbocycles. The van der Waals surface area contributed by atoms with Crippen LogP contribution >= 0.6 is 11.6 Å². The van der Waals surface area contributed by atoms with Gasteiger partial charge in [0.2, 0.25) is 0 Å². The Morgan fingerprint density at radius 3 is 2.14 bits per heavy atom. The number of hydrogen-bond donors (Lipinski definition) is 0. The van der Waals surface area contributed by atoms with Crippen molar-refractivity contribution >= 4 is 11.6 Å². The summed E-state index contributed by atoms with van der Waals surface area (Å²) in [6.07, 6.45) is 0. The van der Waals surface area contributed by atoms with E-state index in [9.17, 15) is 0 Å². The lowest BCUT2D eigenvalue weighted by molar-refractivity contribution is 0.593. The van der Waals surface area contributed by atoms with E-state index in [-0.39, 0.29) is 5.41 Å². The van der Waals surface area contributed by atoms with Crippen LogP contribution in [-0.4, -0.2) is 5.88 Å². The highest BCUT2D eigenvalue weighted by atomic mass is 35.5. The van der Waals surface area contributed by atoms with Gasteiger partial charge < -0.3 is 0 Å². The monoisotopic (exact) mass is 210 g/mol. The summed E-state index contributed by atoms with van der Waals surface area (Å²) in [6.45, 7) is 10.9. The second-order valence-corrected chi connectivity index (χ2v) is 4.96. The van der Waals surface area contributed by atoms with E-state index in [1.54, 1.807) is 0 Å². The zero-order valence-corrected chi connectivity index (χ0v) is 10.5. The summed E-state index contributed by atoms with van der Waals surface area (Å²) in [5.41, 5.74) is 5.58. The van der Waals surface area contributed by atoms with Gasteiger partial charge in [0.05, 0.1) is 0 Å². The fourth-order valence-corrected chi connectivity index (χ4v) is 1.91.